The number of aromatic amines is 4. The smallest absolute Gasteiger partial charge is 0.0852 e. The SMILES string of the molecule is Cc1ccc(-c2ccc(C3C=C/C(=c4/cc/c(=C5/C=CC(c6ccc(C)[nH]6)N5)[nH]4)N3)[nH]2)[nH]1. The predicted octanol–water partition coefficient (Wildman–Crippen LogP) is 3.30. The highest BCUT2D eigenvalue weighted by atomic mass is 15.0. The molecule has 0 bridgehead atoms. The summed E-state index contributed by atoms with van der Waals surface area (Å²) in [5, 5.41) is 9.36. The van der Waals surface area contributed by atoms with Crippen LogP contribution in [0.5, 0.6) is 0 Å². The third-order valence-corrected chi connectivity index (χ3v) is 6.15. The Morgan fingerprint density at radius 3 is 1.66 bits per heavy atom. The molecule has 0 saturated carbocycles. The van der Waals surface area contributed by atoms with Crippen LogP contribution in [-0.4, -0.2) is 19.9 Å². The Morgan fingerprint density at radius 2 is 1.06 bits per heavy atom. The molecule has 6 heteroatoms. The fourth-order valence-corrected chi connectivity index (χ4v) is 4.44. The molecular formula is C26H26N6. The molecule has 6 heterocycles. The molecular weight excluding hydrogens is 396 g/mol. The van der Waals surface area contributed by atoms with Crippen molar-refractivity contribution in [2.75, 3.05) is 0 Å². The molecule has 2 aliphatic heterocycles. The number of aromatic nitrogens is 4. The Labute approximate surface area is 185 Å². The maximum Gasteiger partial charge on any atom is 0.0852 e. The van der Waals surface area contributed by atoms with Crippen LogP contribution in [0, 0.1) is 13.8 Å². The van der Waals surface area contributed by atoms with E-state index in [4.69, 9.17) is 0 Å². The van der Waals surface area contributed by atoms with Gasteiger partial charge in [-0.15, -0.1) is 0 Å². The summed E-state index contributed by atoms with van der Waals surface area (Å²) in [7, 11) is 0. The van der Waals surface area contributed by atoms with E-state index in [0.29, 0.717) is 0 Å². The van der Waals surface area contributed by atoms with Gasteiger partial charge in [0.05, 0.1) is 45.6 Å². The van der Waals surface area contributed by atoms with Crippen LogP contribution in [0.3, 0.4) is 0 Å². The van der Waals surface area contributed by atoms with Crippen molar-refractivity contribution in [1.82, 2.24) is 30.6 Å². The number of hydrogen-bond donors (Lipinski definition) is 6. The average molecular weight is 423 g/mol. The summed E-state index contributed by atoms with van der Waals surface area (Å²) in [5.41, 5.74) is 9.05. The highest BCUT2D eigenvalue weighted by Crippen LogP contribution is 2.25. The van der Waals surface area contributed by atoms with Crippen molar-refractivity contribution < 1.29 is 0 Å². The van der Waals surface area contributed by atoms with Crippen LogP contribution in [0.1, 0.15) is 34.9 Å². The van der Waals surface area contributed by atoms with Crippen molar-refractivity contribution in [3.63, 3.8) is 0 Å². The Bertz CT molecular complexity index is 1470. The van der Waals surface area contributed by atoms with Gasteiger partial charge in [0, 0.05) is 22.8 Å². The lowest BCUT2D eigenvalue weighted by molar-refractivity contribution is 0.770. The van der Waals surface area contributed by atoms with E-state index >= 15 is 0 Å². The quantitative estimate of drug-likeness (QED) is 0.306. The topological polar surface area (TPSA) is 87.2 Å². The van der Waals surface area contributed by atoms with Gasteiger partial charge in [0.25, 0.3) is 0 Å². The summed E-state index contributed by atoms with van der Waals surface area (Å²) >= 11 is 0. The highest BCUT2D eigenvalue weighted by Gasteiger charge is 2.18. The zero-order valence-electron chi connectivity index (χ0n) is 18.1. The number of hydrogen-bond acceptors (Lipinski definition) is 2. The molecule has 4 aromatic rings. The van der Waals surface area contributed by atoms with Gasteiger partial charge in [0.2, 0.25) is 0 Å². The molecule has 6 rings (SSSR count). The second kappa shape index (κ2) is 7.27. The molecule has 4 aromatic heterocycles. The first-order valence-electron chi connectivity index (χ1n) is 11.0. The minimum atomic E-state index is 0.124. The first-order chi connectivity index (χ1) is 15.6. The fraction of sp³-hybridized carbons (Fsp3) is 0.154. The van der Waals surface area contributed by atoms with Crippen molar-refractivity contribution in [1.29, 1.82) is 0 Å². The van der Waals surface area contributed by atoms with Crippen LogP contribution < -0.4 is 21.3 Å². The number of rotatable bonds is 3. The van der Waals surface area contributed by atoms with E-state index in [1.165, 1.54) is 11.4 Å². The molecule has 2 atom stereocenters. The van der Waals surface area contributed by atoms with Gasteiger partial charge in [-0.25, -0.2) is 0 Å². The minimum absolute atomic E-state index is 0.124. The maximum atomic E-state index is 3.61. The third kappa shape index (κ3) is 3.30. The maximum absolute atomic E-state index is 3.61. The summed E-state index contributed by atoms with van der Waals surface area (Å²) in [5.74, 6) is 0. The van der Waals surface area contributed by atoms with Gasteiger partial charge in [0.15, 0.2) is 0 Å². The molecule has 0 fully saturated rings. The zero-order valence-corrected chi connectivity index (χ0v) is 18.1. The molecule has 0 radical (unpaired) electrons. The largest absolute Gasteiger partial charge is 0.372 e. The van der Waals surface area contributed by atoms with Gasteiger partial charge in [-0.05, 0) is 74.5 Å². The second-order valence-corrected chi connectivity index (χ2v) is 8.55. The van der Waals surface area contributed by atoms with E-state index < -0.39 is 0 Å². The number of aryl methyl sites for hydroxylation is 2. The van der Waals surface area contributed by atoms with E-state index in [1.54, 1.807) is 0 Å². The molecule has 2 aliphatic rings. The normalized spacial score (nSPS) is 23.1. The van der Waals surface area contributed by atoms with Crippen LogP contribution in [-0.2, 0) is 0 Å². The third-order valence-electron chi connectivity index (χ3n) is 6.15. The molecule has 0 aliphatic carbocycles. The Morgan fingerprint density at radius 1 is 0.531 bits per heavy atom. The number of H-pyrrole nitrogens is 4. The molecule has 0 aromatic carbocycles. The standard InChI is InChI=1S/C26H26N6/c1-15-3-5-17(27-15)19-7-9-21(29-19)23-11-13-25(31-23)26-14-12-24(32-26)22-10-8-20(30-22)18-6-4-16(2)28-18/h3-14,19,24,27-32H,1-2H3/b23-21+,26-25+. The van der Waals surface area contributed by atoms with Gasteiger partial charge >= 0.3 is 0 Å². The Hall–Kier alpha value is -4.06. The fourth-order valence-electron chi connectivity index (χ4n) is 4.44. The van der Waals surface area contributed by atoms with Crippen LogP contribution in [0.15, 0.2) is 72.8 Å². The van der Waals surface area contributed by atoms with Crippen molar-refractivity contribution in [2.45, 2.75) is 25.9 Å². The van der Waals surface area contributed by atoms with Gasteiger partial charge < -0.3 is 30.6 Å². The predicted molar refractivity (Wildman–Crippen MR) is 128 cm³/mol. The summed E-state index contributed by atoms with van der Waals surface area (Å²) in [6.45, 7) is 4.14. The van der Waals surface area contributed by atoms with Gasteiger partial charge in [-0.3, -0.25) is 0 Å². The lowest BCUT2D eigenvalue weighted by Gasteiger charge is -2.09. The second-order valence-electron chi connectivity index (χ2n) is 8.55. The van der Waals surface area contributed by atoms with Gasteiger partial charge in [0.1, 0.15) is 0 Å². The Balaban J connectivity index is 1.22. The number of nitrogens with one attached hydrogen (secondary N) is 6. The molecule has 0 spiro atoms. The summed E-state index contributed by atoms with van der Waals surface area (Å²) in [6, 6.07) is 17.2. The lowest BCUT2D eigenvalue weighted by atomic mass is 10.2. The van der Waals surface area contributed by atoms with Crippen molar-refractivity contribution in [3.05, 3.63) is 106 Å². The summed E-state index contributed by atoms with van der Waals surface area (Å²) < 4.78 is 0. The van der Waals surface area contributed by atoms with Crippen LogP contribution >= 0.6 is 0 Å². The summed E-state index contributed by atoms with van der Waals surface area (Å²) in [4.78, 5) is 13.9. The van der Waals surface area contributed by atoms with Crippen LogP contribution in [0.4, 0.5) is 0 Å². The van der Waals surface area contributed by atoms with Crippen molar-refractivity contribution in [3.8, 4) is 11.4 Å². The highest BCUT2D eigenvalue weighted by molar-refractivity contribution is 5.62. The summed E-state index contributed by atoms with van der Waals surface area (Å²) in [6.07, 6.45) is 8.67. The molecule has 6 N–H and O–H groups in total. The van der Waals surface area contributed by atoms with Crippen LogP contribution in [0.25, 0.3) is 22.8 Å². The lowest BCUT2D eigenvalue weighted by Crippen LogP contribution is -2.24. The van der Waals surface area contributed by atoms with E-state index in [9.17, 15) is 0 Å². The zero-order chi connectivity index (χ0) is 21.7. The molecule has 6 nitrogen and oxygen atoms in total. The van der Waals surface area contributed by atoms with Gasteiger partial charge in [-0.1, -0.05) is 12.2 Å². The Kier molecular flexibility index (Phi) is 4.24. The molecule has 0 saturated heterocycles. The van der Waals surface area contributed by atoms with Crippen LogP contribution in [0.2, 0.25) is 0 Å². The molecule has 2 unspecified atom stereocenters. The monoisotopic (exact) mass is 422 g/mol. The molecule has 160 valence electrons. The first kappa shape index (κ1) is 18.7. The van der Waals surface area contributed by atoms with E-state index in [2.05, 4.69) is 117 Å². The molecule has 0 amide bonds. The van der Waals surface area contributed by atoms with Gasteiger partial charge in [-0.2, -0.15) is 0 Å². The van der Waals surface area contributed by atoms with Crippen molar-refractivity contribution >= 4 is 11.4 Å². The average Bonchev–Trinajstić information content (AvgIpc) is 3.61. The van der Waals surface area contributed by atoms with E-state index in [0.717, 1.165) is 44.9 Å². The van der Waals surface area contributed by atoms with E-state index in [1.807, 2.05) is 0 Å². The van der Waals surface area contributed by atoms with Crippen molar-refractivity contribution in [2.24, 2.45) is 0 Å². The first-order valence-corrected chi connectivity index (χ1v) is 11.0. The molecule has 32 heavy (non-hydrogen) atoms. The minimum Gasteiger partial charge on any atom is -0.372 e. The van der Waals surface area contributed by atoms with E-state index in [-0.39, 0.29) is 12.1 Å².